The van der Waals surface area contributed by atoms with Gasteiger partial charge in [0.1, 0.15) is 6.10 Å². The summed E-state index contributed by atoms with van der Waals surface area (Å²) in [5.41, 5.74) is 10.5. The topological polar surface area (TPSA) is 123 Å². The van der Waals surface area contributed by atoms with Crippen LogP contribution in [0.15, 0.2) is 18.2 Å². The van der Waals surface area contributed by atoms with Crippen LogP contribution in [0, 0.1) is 0 Å². The summed E-state index contributed by atoms with van der Waals surface area (Å²) in [5.74, 6) is 1.36. The van der Waals surface area contributed by atoms with Gasteiger partial charge in [0.05, 0.1) is 13.2 Å². The van der Waals surface area contributed by atoms with Crippen LogP contribution in [0.3, 0.4) is 0 Å². The van der Waals surface area contributed by atoms with Crippen molar-refractivity contribution in [3.63, 3.8) is 0 Å². The summed E-state index contributed by atoms with van der Waals surface area (Å²) < 4.78 is 10.9. The lowest BCUT2D eigenvalue weighted by Gasteiger charge is -2.18. The Morgan fingerprint density at radius 2 is 1.81 bits per heavy atom. The molecule has 0 aromatic heterocycles. The quantitative estimate of drug-likeness (QED) is 0.324. The Labute approximate surface area is 164 Å². The number of nitrogens with two attached hydrogens (primary N) is 1. The zero-order valence-electron chi connectivity index (χ0n) is 16.0. The van der Waals surface area contributed by atoms with Gasteiger partial charge in [0.2, 0.25) is 0 Å². The maximum absolute atomic E-state index is 12.2. The van der Waals surface area contributed by atoms with E-state index in [0.717, 1.165) is 11.5 Å². The van der Waals surface area contributed by atoms with Crippen LogP contribution < -0.4 is 26.1 Å². The molecule has 0 heterocycles. The molecule has 1 aromatic carbocycles. The Hall–Kier alpha value is -1.97. The highest BCUT2D eigenvalue weighted by Gasteiger charge is 2.23. The highest BCUT2D eigenvalue weighted by Crippen LogP contribution is 2.28. The molecule has 9 heteroatoms. The molecule has 1 unspecified atom stereocenters. The number of aliphatic hydroxyl groups excluding tert-OH is 1. The van der Waals surface area contributed by atoms with Crippen molar-refractivity contribution in [1.82, 2.24) is 10.9 Å². The molecule has 2 amide bonds. The molecule has 0 saturated carbocycles. The predicted molar refractivity (Wildman–Crippen MR) is 106 cm³/mol. The highest BCUT2D eigenvalue weighted by atomic mass is 32.2. The van der Waals surface area contributed by atoms with E-state index in [1.165, 1.54) is 6.07 Å². The molecule has 2 atom stereocenters. The maximum Gasteiger partial charge on any atom is 0.269 e. The first-order valence-corrected chi connectivity index (χ1v) is 10.1. The lowest BCUT2D eigenvalue weighted by Crippen LogP contribution is -2.52. The van der Waals surface area contributed by atoms with Gasteiger partial charge in [-0.1, -0.05) is 6.92 Å². The molecule has 0 radical (unpaired) electrons. The van der Waals surface area contributed by atoms with E-state index in [1.807, 2.05) is 20.8 Å². The summed E-state index contributed by atoms with van der Waals surface area (Å²) in [6.45, 7) is 6.58. The number of carbonyl (C=O) groups is 2. The minimum Gasteiger partial charge on any atom is -0.490 e. The molecule has 0 saturated heterocycles. The van der Waals surface area contributed by atoms with Crippen molar-refractivity contribution in [2.45, 2.75) is 39.3 Å². The first kappa shape index (κ1) is 23.1. The lowest BCUT2D eigenvalue weighted by molar-refractivity contribution is -0.131. The minimum absolute atomic E-state index is 0.278. The fourth-order valence-corrected chi connectivity index (χ4v) is 2.90. The van der Waals surface area contributed by atoms with Crippen molar-refractivity contribution in [2.24, 2.45) is 5.73 Å². The third kappa shape index (κ3) is 7.66. The molecule has 0 aliphatic heterocycles. The first-order chi connectivity index (χ1) is 12.9. The molecule has 0 bridgehead atoms. The van der Waals surface area contributed by atoms with Crippen molar-refractivity contribution in [3.8, 4) is 11.5 Å². The Morgan fingerprint density at radius 3 is 2.44 bits per heavy atom. The third-order valence-corrected chi connectivity index (χ3v) is 4.51. The molecule has 8 nitrogen and oxygen atoms in total. The van der Waals surface area contributed by atoms with E-state index in [9.17, 15) is 14.7 Å². The summed E-state index contributed by atoms with van der Waals surface area (Å²) >= 11 is 1.68. The Morgan fingerprint density at radius 1 is 1.15 bits per heavy atom. The predicted octanol–water partition coefficient (Wildman–Crippen LogP) is 1.08. The number of amides is 2. The second kappa shape index (κ2) is 12.4. The summed E-state index contributed by atoms with van der Waals surface area (Å²) in [6.07, 6.45) is -0.903. The van der Waals surface area contributed by atoms with Crippen LogP contribution >= 0.6 is 11.8 Å². The van der Waals surface area contributed by atoms with E-state index in [1.54, 1.807) is 23.9 Å². The van der Waals surface area contributed by atoms with E-state index in [-0.39, 0.29) is 5.56 Å². The van der Waals surface area contributed by atoms with Crippen LogP contribution in [0.4, 0.5) is 0 Å². The Bertz CT molecular complexity index is 615. The molecule has 1 rings (SSSR count). The smallest absolute Gasteiger partial charge is 0.269 e. The van der Waals surface area contributed by atoms with Crippen LogP contribution in [-0.4, -0.2) is 53.8 Å². The van der Waals surface area contributed by atoms with Crippen LogP contribution in [-0.2, 0) is 4.79 Å². The summed E-state index contributed by atoms with van der Waals surface area (Å²) in [6, 6.07) is 4.01. The van der Waals surface area contributed by atoms with Crippen LogP contribution in [0.5, 0.6) is 11.5 Å². The van der Waals surface area contributed by atoms with E-state index in [4.69, 9.17) is 15.2 Å². The number of hydrogen-bond donors (Lipinski definition) is 4. The van der Waals surface area contributed by atoms with E-state index in [2.05, 4.69) is 10.9 Å². The number of carbonyl (C=O) groups excluding carboxylic acids is 2. The SMILES string of the molecule is CCOc1ccc(C(=O)NNC(=O)C(O)[C@H](N)CCSCC)cc1OCC. The van der Waals surface area contributed by atoms with Gasteiger partial charge in [0.25, 0.3) is 11.8 Å². The van der Waals surface area contributed by atoms with E-state index < -0.39 is 24.0 Å². The molecule has 0 fully saturated rings. The number of thioether (sulfide) groups is 1. The average Bonchev–Trinajstić information content (AvgIpc) is 2.67. The molecule has 1 aromatic rings. The van der Waals surface area contributed by atoms with Crippen molar-refractivity contribution in [1.29, 1.82) is 0 Å². The van der Waals surface area contributed by atoms with Crippen molar-refractivity contribution < 1.29 is 24.2 Å². The zero-order chi connectivity index (χ0) is 20.2. The molecule has 0 spiro atoms. The molecule has 152 valence electrons. The van der Waals surface area contributed by atoms with Gasteiger partial charge in [-0.15, -0.1) is 0 Å². The van der Waals surface area contributed by atoms with Gasteiger partial charge < -0.3 is 20.3 Å². The number of hydrogen-bond acceptors (Lipinski definition) is 7. The molecule has 27 heavy (non-hydrogen) atoms. The zero-order valence-corrected chi connectivity index (χ0v) is 16.8. The Kier molecular flexibility index (Phi) is 10.6. The highest BCUT2D eigenvalue weighted by molar-refractivity contribution is 7.99. The third-order valence-electron chi connectivity index (χ3n) is 3.58. The van der Waals surface area contributed by atoms with Crippen molar-refractivity contribution in [3.05, 3.63) is 23.8 Å². The standard InChI is InChI=1S/C18H29N3O5S/c1-4-25-14-8-7-12(11-15(14)26-5-2)17(23)20-21-18(24)16(22)13(19)9-10-27-6-3/h7-8,11,13,16,22H,4-6,9-10,19H2,1-3H3,(H,20,23)(H,21,24)/t13-,16?/m1/s1. The van der Waals surface area contributed by atoms with Gasteiger partial charge in [-0.3, -0.25) is 20.4 Å². The maximum atomic E-state index is 12.2. The minimum atomic E-state index is -1.40. The lowest BCUT2D eigenvalue weighted by atomic mass is 10.1. The summed E-state index contributed by atoms with van der Waals surface area (Å²) in [4.78, 5) is 24.2. The number of benzene rings is 1. The Balaban J connectivity index is 2.62. The van der Waals surface area contributed by atoms with Gasteiger partial charge >= 0.3 is 0 Å². The van der Waals surface area contributed by atoms with Gasteiger partial charge in [0.15, 0.2) is 11.5 Å². The largest absolute Gasteiger partial charge is 0.490 e. The second-order valence-electron chi connectivity index (χ2n) is 5.57. The summed E-state index contributed by atoms with van der Waals surface area (Å²) in [5, 5.41) is 9.94. The number of rotatable bonds is 11. The van der Waals surface area contributed by atoms with Gasteiger partial charge in [-0.2, -0.15) is 11.8 Å². The van der Waals surface area contributed by atoms with Crippen LogP contribution in [0.1, 0.15) is 37.6 Å². The number of hydrazine groups is 1. The molecular formula is C18H29N3O5S. The van der Waals surface area contributed by atoms with E-state index in [0.29, 0.717) is 31.1 Å². The van der Waals surface area contributed by atoms with Crippen LogP contribution in [0.25, 0.3) is 0 Å². The van der Waals surface area contributed by atoms with Gasteiger partial charge in [-0.25, -0.2) is 0 Å². The fraction of sp³-hybridized carbons (Fsp3) is 0.556. The van der Waals surface area contributed by atoms with Crippen LogP contribution in [0.2, 0.25) is 0 Å². The normalized spacial score (nSPS) is 12.8. The summed E-state index contributed by atoms with van der Waals surface area (Å²) in [7, 11) is 0. The number of ether oxygens (including phenoxy) is 2. The van der Waals surface area contributed by atoms with Gasteiger partial charge in [0, 0.05) is 11.6 Å². The van der Waals surface area contributed by atoms with Crippen molar-refractivity contribution in [2.75, 3.05) is 24.7 Å². The number of nitrogens with one attached hydrogen (secondary N) is 2. The number of aliphatic hydroxyl groups is 1. The second-order valence-corrected chi connectivity index (χ2v) is 6.96. The van der Waals surface area contributed by atoms with Gasteiger partial charge in [-0.05, 0) is 50.0 Å². The molecule has 0 aliphatic rings. The molecule has 5 N–H and O–H groups in total. The molecular weight excluding hydrogens is 370 g/mol. The van der Waals surface area contributed by atoms with Crippen molar-refractivity contribution >= 4 is 23.6 Å². The fourth-order valence-electron chi connectivity index (χ4n) is 2.17. The molecule has 0 aliphatic carbocycles. The average molecular weight is 400 g/mol. The monoisotopic (exact) mass is 399 g/mol. The van der Waals surface area contributed by atoms with E-state index >= 15 is 0 Å². The first-order valence-electron chi connectivity index (χ1n) is 8.95.